The zero-order valence-electron chi connectivity index (χ0n) is 17.4. The summed E-state index contributed by atoms with van der Waals surface area (Å²) >= 11 is 0. The Bertz CT molecular complexity index is 801. The third kappa shape index (κ3) is 6.21. The van der Waals surface area contributed by atoms with Gasteiger partial charge in [0, 0.05) is 38.3 Å². The average Bonchev–Trinajstić information content (AvgIpc) is 2.69. The molecule has 9 heteroatoms. The summed E-state index contributed by atoms with van der Waals surface area (Å²) in [5.41, 5.74) is 0.655. The number of rotatable bonds is 8. The molecule has 0 aromatic heterocycles. The monoisotopic (exact) mass is 443 g/mol. The average molecular weight is 444 g/mol. The molecule has 1 N–H and O–H groups in total. The van der Waals surface area contributed by atoms with Gasteiger partial charge in [0.2, 0.25) is 16.4 Å². The zero-order valence-corrected chi connectivity index (χ0v) is 18.2. The van der Waals surface area contributed by atoms with E-state index in [4.69, 9.17) is 0 Å². The van der Waals surface area contributed by atoms with E-state index >= 15 is 0 Å². The normalized spacial score (nSPS) is 21.4. The van der Waals surface area contributed by atoms with E-state index in [1.807, 2.05) is 0 Å². The lowest BCUT2D eigenvalue weighted by Crippen LogP contribution is -2.43. The minimum atomic E-state index is -3.22. The van der Waals surface area contributed by atoms with E-state index in [1.54, 1.807) is 0 Å². The summed E-state index contributed by atoms with van der Waals surface area (Å²) in [7, 11) is -3.22. The molecule has 168 valence electrons. The lowest BCUT2D eigenvalue weighted by molar-refractivity contribution is -0.110. The summed E-state index contributed by atoms with van der Waals surface area (Å²) in [6, 6.07) is 3.93. The number of carbonyl (C=O) groups is 1. The summed E-state index contributed by atoms with van der Waals surface area (Å²) < 4.78 is 52.9. The van der Waals surface area contributed by atoms with Crippen molar-refractivity contribution in [1.82, 2.24) is 14.5 Å². The van der Waals surface area contributed by atoms with Crippen LogP contribution in [-0.4, -0.2) is 69.1 Å². The van der Waals surface area contributed by atoms with Crippen LogP contribution < -0.4 is 5.32 Å². The van der Waals surface area contributed by atoms with Crippen LogP contribution in [0.3, 0.4) is 0 Å². The van der Waals surface area contributed by atoms with Crippen LogP contribution in [0.15, 0.2) is 18.2 Å². The largest absolute Gasteiger partial charge is 0.356 e. The molecular weight excluding hydrogens is 412 g/mol. The Kier molecular flexibility index (Phi) is 7.81. The Morgan fingerprint density at radius 1 is 1.07 bits per heavy atom. The first-order valence-electron chi connectivity index (χ1n) is 10.6. The molecule has 3 rings (SSSR count). The number of benzene rings is 1. The molecule has 2 fully saturated rings. The van der Waals surface area contributed by atoms with Gasteiger partial charge in [0.25, 0.3) is 0 Å². The maximum absolute atomic E-state index is 13.9. The Labute approximate surface area is 177 Å². The molecule has 2 saturated heterocycles. The van der Waals surface area contributed by atoms with Crippen LogP contribution in [0.4, 0.5) is 8.78 Å². The van der Waals surface area contributed by atoms with Crippen molar-refractivity contribution in [2.45, 2.75) is 44.1 Å². The number of piperidine rings is 2. The number of nitrogens with one attached hydrogen (secondary N) is 1. The molecule has 1 aromatic carbocycles. The van der Waals surface area contributed by atoms with Gasteiger partial charge in [-0.3, -0.25) is 4.79 Å². The van der Waals surface area contributed by atoms with Gasteiger partial charge in [0.15, 0.2) is 0 Å². The number of nitrogens with zero attached hydrogens (tertiary/aromatic N) is 2. The third-order valence-corrected chi connectivity index (χ3v) is 7.80. The fraction of sp³-hybridized carbons (Fsp3) is 0.667. The fourth-order valence-electron chi connectivity index (χ4n) is 4.81. The van der Waals surface area contributed by atoms with Gasteiger partial charge in [-0.1, -0.05) is 0 Å². The molecule has 1 atom stereocenters. The van der Waals surface area contributed by atoms with E-state index in [-0.39, 0.29) is 17.9 Å². The van der Waals surface area contributed by atoms with Gasteiger partial charge in [-0.2, -0.15) is 0 Å². The van der Waals surface area contributed by atoms with Crippen LogP contribution in [-0.2, 0) is 14.8 Å². The van der Waals surface area contributed by atoms with Gasteiger partial charge < -0.3 is 10.2 Å². The molecule has 1 aromatic rings. The van der Waals surface area contributed by atoms with E-state index in [1.165, 1.54) is 22.7 Å². The van der Waals surface area contributed by atoms with Crippen molar-refractivity contribution < 1.29 is 22.0 Å². The van der Waals surface area contributed by atoms with E-state index in [0.29, 0.717) is 31.5 Å². The highest BCUT2D eigenvalue weighted by atomic mass is 32.2. The SMILES string of the molecule is CS(=O)(=O)N1CCC([C@@H](CCN2CCC(NC=O)CC2)c2cc(F)cc(F)c2)CC1. The van der Waals surface area contributed by atoms with E-state index < -0.39 is 21.7 Å². The van der Waals surface area contributed by atoms with E-state index in [2.05, 4.69) is 10.2 Å². The zero-order chi connectivity index (χ0) is 21.7. The number of halogens is 2. The van der Waals surface area contributed by atoms with Gasteiger partial charge in [-0.05, 0) is 68.2 Å². The summed E-state index contributed by atoms with van der Waals surface area (Å²) in [5.74, 6) is -1.00. The first kappa shape index (κ1) is 23.1. The second-order valence-electron chi connectivity index (χ2n) is 8.50. The first-order valence-corrected chi connectivity index (χ1v) is 12.4. The topological polar surface area (TPSA) is 69.7 Å². The van der Waals surface area contributed by atoms with Gasteiger partial charge >= 0.3 is 0 Å². The standard InChI is InChI=1S/C21H31F2N3O3S/c1-30(28,29)26-10-2-16(3-11-26)21(17-12-18(22)14-19(23)13-17)6-9-25-7-4-20(5-8-25)24-15-27/h12-16,20-21H,2-11H2,1H3,(H,24,27)/t21-/m1/s1. The molecule has 0 radical (unpaired) electrons. The van der Waals surface area contributed by atoms with Crippen LogP contribution in [0.5, 0.6) is 0 Å². The van der Waals surface area contributed by atoms with Crippen molar-refractivity contribution >= 4 is 16.4 Å². The highest BCUT2D eigenvalue weighted by Gasteiger charge is 2.31. The van der Waals surface area contributed by atoms with Gasteiger partial charge in [-0.25, -0.2) is 21.5 Å². The molecule has 0 bridgehead atoms. The van der Waals surface area contributed by atoms with Crippen LogP contribution in [0, 0.1) is 17.6 Å². The highest BCUT2D eigenvalue weighted by Crippen LogP contribution is 2.36. The third-order valence-electron chi connectivity index (χ3n) is 6.50. The number of hydrogen-bond acceptors (Lipinski definition) is 4. The molecule has 0 saturated carbocycles. The maximum atomic E-state index is 13.9. The molecule has 2 heterocycles. The Hall–Kier alpha value is -1.58. The Balaban J connectivity index is 1.67. The summed E-state index contributed by atoms with van der Waals surface area (Å²) in [4.78, 5) is 12.9. The first-order chi connectivity index (χ1) is 14.3. The maximum Gasteiger partial charge on any atom is 0.211 e. The summed E-state index contributed by atoms with van der Waals surface area (Å²) in [6.45, 7) is 3.45. The van der Waals surface area contributed by atoms with Crippen molar-refractivity contribution in [3.8, 4) is 0 Å². The highest BCUT2D eigenvalue weighted by molar-refractivity contribution is 7.88. The molecule has 0 spiro atoms. The van der Waals surface area contributed by atoms with Crippen molar-refractivity contribution in [3.63, 3.8) is 0 Å². The van der Waals surface area contributed by atoms with E-state index in [0.717, 1.165) is 51.4 Å². The molecule has 1 amide bonds. The van der Waals surface area contributed by atoms with Crippen LogP contribution in [0.1, 0.15) is 43.6 Å². The molecule has 0 unspecified atom stereocenters. The molecular formula is C21H31F2N3O3S. The number of sulfonamides is 1. The molecule has 0 aliphatic carbocycles. The molecule has 30 heavy (non-hydrogen) atoms. The van der Waals surface area contributed by atoms with Crippen molar-refractivity contribution in [1.29, 1.82) is 0 Å². The summed E-state index contributed by atoms with van der Waals surface area (Å²) in [5, 5.41) is 2.83. The second kappa shape index (κ2) is 10.2. The lowest BCUT2D eigenvalue weighted by atomic mass is 9.78. The Morgan fingerprint density at radius 2 is 1.67 bits per heavy atom. The lowest BCUT2D eigenvalue weighted by Gasteiger charge is -2.37. The minimum Gasteiger partial charge on any atom is -0.356 e. The van der Waals surface area contributed by atoms with Gasteiger partial charge in [0.05, 0.1) is 6.26 Å². The summed E-state index contributed by atoms with van der Waals surface area (Å²) in [6.07, 6.45) is 5.88. The molecule has 2 aliphatic rings. The minimum absolute atomic E-state index is 0.0252. The number of hydrogen-bond donors (Lipinski definition) is 1. The molecule has 6 nitrogen and oxygen atoms in total. The van der Waals surface area contributed by atoms with Gasteiger partial charge in [0.1, 0.15) is 11.6 Å². The van der Waals surface area contributed by atoms with Crippen LogP contribution >= 0.6 is 0 Å². The molecule has 2 aliphatic heterocycles. The second-order valence-corrected chi connectivity index (χ2v) is 10.5. The van der Waals surface area contributed by atoms with Crippen molar-refractivity contribution in [2.24, 2.45) is 5.92 Å². The van der Waals surface area contributed by atoms with Crippen LogP contribution in [0.2, 0.25) is 0 Å². The number of likely N-dealkylation sites (tertiary alicyclic amines) is 1. The fourth-order valence-corrected chi connectivity index (χ4v) is 5.69. The number of carbonyl (C=O) groups excluding carboxylic acids is 1. The van der Waals surface area contributed by atoms with E-state index in [9.17, 15) is 22.0 Å². The quantitative estimate of drug-likeness (QED) is 0.626. The number of amides is 1. The predicted octanol–water partition coefficient (Wildman–Crippen LogP) is 2.32. The van der Waals surface area contributed by atoms with Crippen LogP contribution in [0.25, 0.3) is 0 Å². The smallest absolute Gasteiger partial charge is 0.211 e. The Morgan fingerprint density at radius 3 is 2.20 bits per heavy atom. The predicted molar refractivity (Wildman–Crippen MR) is 112 cm³/mol. The van der Waals surface area contributed by atoms with Crippen molar-refractivity contribution in [3.05, 3.63) is 35.4 Å². The van der Waals surface area contributed by atoms with Crippen molar-refractivity contribution in [2.75, 3.05) is 39.0 Å². The van der Waals surface area contributed by atoms with Gasteiger partial charge in [-0.15, -0.1) is 0 Å².